The molecule has 2 aromatic rings. The number of halogens is 3. The number of rotatable bonds is 4. The van der Waals surface area contributed by atoms with Gasteiger partial charge in [-0.15, -0.1) is 0 Å². The van der Waals surface area contributed by atoms with Gasteiger partial charge in [-0.3, -0.25) is 9.59 Å². The zero-order chi connectivity index (χ0) is 21.2. The van der Waals surface area contributed by atoms with Crippen LogP contribution in [0.15, 0.2) is 41.3 Å². The van der Waals surface area contributed by atoms with Crippen LogP contribution < -0.4 is 9.47 Å². The first-order valence-corrected chi connectivity index (χ1v) is 8.95. The first-order valence-electron chi connectivity index (χ1n) is 8.14. The number of ketones is 1. The highest BCUT2D eigenvalue weighted by molar-refractivity contribution is 8.18. The Kier molecular flexibility index (Phi) is 5.66. The van der Waals surface area contributed by atoms with E-state index in [1.807, 2.05) is 0 Å². The first-order chi connectivity index (χ1) is 13.7. The summed E-state index contributed by atoms with van der Waals surface area (Å²) in [4.78, 5) is 23.4. The maximum Gasteiger partial charge on any atom is 0.420 e. The van der Waals surface area contributed by atoms with Gasteiger partial charge in [0, 0.05) is 0 Å². The lowest BCUT2D eigenvalue weighted by molar-refractivity contribution is -0.138. The number of ether oxygens (including phenoxy) is 2. The van der Waals surface area contributed by atoms with Gasteiger partial charge in [0.2, 0.25) is 5.12 Å². The number of nitrogens with zero attached hydrogens (tertiary/aromatic N) is 1. The minimum atomic E-state index is -4.72. The number of hydrogen-bond acceptors (Lipinski definition) is 6. The average molecular weight is 419 g/mol. The van der Waals surface area contributed by atoms with Crippen molar-refractivity contribution < 1.29 is 32.2 Å². The Bertz CT molecular complexity index is 1070. The van der Waals surface area contributed by atoms with Crippen LogP contribution >= 0.6 is 11.8 Å². The number of benzene rings is 2. The molecule has 0 saturated carbocycles. The Morgan fingerprint density at radius 3 is 2.41 bits per heavy atom. The Labute approximate surface area is 167 Å². The summed E-state index contributed by atoms with van der Waals surface area (Å²) in [6.07, 6.45) is -3.37. The number of hydrogen-bond donors (Lipinski definition) is 0. The molecule has 0 unspecified atom stereocenters. The summed E-state index contributed by atoms with van der Waals surface area (Å²) in [6, 6.07) is 9.06. The molecule has 0 aliphatic carbocycles. The molecular formula is C20H12F3NO4S. The van der Waals surface area contributed by atoms with Gasteiger partial charge in [-0.25, -0.2) is 0 Å². The molecule has 1 saturated heterocycles. The summed E-state index contributed by atoms with van der Waals surface area (Å²) < 4.78 is 50.6. The van der Waals surface area contributed by atoms with E-state index in [-0.39, 0.29) is 39.3 Å². The van der Waals surface area contributed by atoms with E-state index in [1.165, 1.54) is 37.5 Å². The van der Waals surface area contributed by atoms with E-state index < -0.39 is 17.5 Å². The Morgan fingerprint density at radius 2 is 1.83 bits per heavy atom. The Balaban J connectivity index is 1.95. The van der Waals surface area contributed by atoms with Gasteiger partial charge >= 0.3 is 6.18 Å². The van der Waals surface area contributed by atoms with Crippen LogP contribution in [-0.4, -0.2) is 18.0 Å². The molecule has 1 fully saturated rings. The molecule has 0 spiro atoms. The standard InChI is InChI=1S/C20H12F3NO4S/c1-27-17-7-11(8-18-14(25)9-19(26)29-18)2-5-16(17)28-15-4-3-12(10-24)6-13(15)20(21,22)23/h2-8H,9H2,1H3/b18-8-. The van der Waals surface area contributed by atoms with Gasteiger partial charge in [-0.1, -0.05) is 6.07 Å². The molecule has 29 heavy (non-hydrogen) atoms. The molecule has 1 aliphatic heterocycles. The number of carbonyl (C=O) groups excluding carboxylic acids is 2. The molecule has 148 valence electrons. The van der Waals surface area contributed by atoms with E-state index in [1.54, 1.807) is 6.07 Å². The lowest BCUT2D eigenvalue weighted by Crippen LogP contribution is -2.08. The number of thioether (sulfide) groups is 1. The smallest absolute Gasteiger partial charge is 0.420 e. The van der Waals surface area contributed by atoms with E-state index in [0.29, 0.717) is 11.6 Å². The maximum atomic E-state index is 13.3. The molecule has 3 rings (SSSR count). The molecule has 0 N–H and O–H groups in total. The van der Waals surface area contributed by atoms with Crippen LogP contribution in [0.1, 0.15) is 23.1 Å². The van der Waals surface area contributed by atoms with Crippen molar-refractivity contribution in [3.05, 3.63) is 58.0 Å². The average Bonchev–Trinajstić information content (AvgIpc) is 2.99. The highest BCUT2D eigenvalue weighted by atomic mass is 32.2. The van der Waals surface area contributed by atoms with Crippen LogP contribution in [0.2, 0.25) is 0 Å². The van der Waals surface area contributed by atoms with Crippen molar-refractivity contribution in [2.75, 3.05) is 7.11 Å². The molecule has 9 heteroatoms. The Hall–Kier alpha value is -3.25. The highest BCUT2D eigenvalue weighted by Gasteiger charge is 2.35. The fourth-order valence-electron chi connectivity index (χ4n) is 2.58. The second-order valence-electron chi connectivity index (χ2n) is 5.92. The Morgan fingerprint density at radius 1 is 1.10 bits per heavy atom. The molecular weight excluding hydrogens is 407 g/mol. The van der Waals surface area contributed by atoms with E-state index in [9.17, 15) is 22.8 Å². The number of allylic oxidation sites excluding steroid dienone is 1. The monoisotopic (exact) mass is 419 g/mol. The second-order valence-corrected chi connectivity index (χ2v) is 7.01. The van der Waals surface area contributed by atoms with Crippen molar-refractivity contribution in [2.45, 2.75) is 12.6 Å². The van der Waals surface area contributed by atoms with Crippen molar-refractivity contribution in [3.8, 4) is 23.3 Å². The van der Waals surface area contributed by atoms with Gasteiger partial charge in [0.25, 0.3) is 0 Å². The second kappa shape index (κ2) is 8.01. The molecule has 5 nitrogen and oxygen atoms in total. The molecule has 0 bridgehead atoms. The van der Waals surface area contributed by atoms with Crippen molar-refractivity contribution in [1.29, 1.82) is 5.26 Å². The predicted octanol–water partition coefficient (Wildman–Crippen LogP) is 4.95. The zero-order valence-corrected chi connectivity index (χ0v) is 15.7. The van der Waals surface area contributed by atoms with Crippen LogP contribution in [0, 0.1) is 11.3 Å². The van der Waals surface area contributed by atoms with Gasteiger partial charge in [-0.05, 0) is 53.7 Å². The van der Waals surface area contributed by atoms with Crippen LogP contribution in [-0.2, 0) is 15.8 Å². The van der Waals surface area contributed by atoms with E-state index in [4.69, 9.17) is 14.7 Å². The third-order valence-electron chi connectivity index (χ3n) is 3.92. The topological polar surface area (TPSA) is 76.4 Å². The van der Waals surface area contributed by atoms with Gasteiger partial charge in [-0.2, -0.15) is 18.4 Å². The molecule has 0 atom stereocenters. The summed E-state index contributed by atoms with van der Waals surface area (Å²) in [5.41, 5.74) is -0.709. The fraction of sp³-hybridized carbons (Fsp3) is 0.150. The van der Waals surface area contributed by atoms with Crippen molar-refractivity contribution >= 4 is 28.7 Å². The number of alkyl halides is 3. The maximum absolute atomic E-state index is 13.3. The highest BCUT2D eigenvalue weighted by Crippen LogP contribution is 2.41. The quantitative estimate of drug-likeness (QED) is 0.516. The van der Waals surface area contributed by atoms with Gasteiger partial charge in [0.15, 0.2) is 17.3 Å². The minimum Gasteiger partial charge on any atom is -0.493 e. The fourth-order valence-corrected chi connectivity index (χ4v) is 3.41. The molecule has 1 aliphatic rings. The third-order valence-corrected chi connectivity index (χ3v) is 4.86. The summed E-state index contributed by atoms with van der Waals surface area (Å²) in [5.74, 6) is -0.607. The number of Topliss-reactive ketones (excluding diaryl/α,β-unsaturated/α-hetero) is 1. The summed E-state index contributed by atoms with van der Waals surface area (Å²) >= 11 is 0.846. The molecule has 2 aromatic carbocycles. The summed E-state index contributed by atoms with van der Waals surface area (Å²) in [5, 5.41) is 8.60. The molecule has 0 amide bonds. The van der Waals surface area contributed by atoms with Gasteiger partial charge in [0.05, 0.1) is 35.6 Å². The normalized spacial score (nSPS) is 15.5. The molecule has 0 aromatic heterocycles. The number of carbonyl (C=O) groups is 2. The van der Waals surface area contributed by atoms with Crippen molar-refractivity contribution in [3.63, 3.8) is 0 Å². The zero-order valence-electron chi connectivity index (χ0n) is 14.9. The predicted molar refractivity (Wildman–Crippen MR) is 99.4 cm³/mol. The van der Waals surface area contributed by atoms with Crippen molar-refractivity contribution in [1.82, 2.24) is 0 Å². The lowest BCUT2D eigenvalue weighted by atomic mass is 10.1. The van der Waals surface area contributed by atoms with E-state index in [0.717, 1.165) is 17.8 Å². The van der Waals surface area contributed by atoms with E-state index >= 15 is 0 Å². The molecule has 1 heterocycles. The molecule has 0 radical (unpaired) electrons. The lowest BCUT2D eigenvalue weighted by Gasteiger charge is -2.16. The van der Waals surface area contributed by atoms with Gasteiger partial charge in [0.1, 0.15) is 5.75 Å². The summed E-state index contributed by atoms with van der Waals surface area (Å²) in [6.45, 7) is 0. The van der Waals surface area contributed by atoms with Crippen LogP contribution in [0.5, 0.6) is 17.2 Å². The summed E-state index contributed by atoms with van der Waals surface area (Å²) in [7, 11) is 1.32. The first kappa shape index (κ1) is 20.5. The minimum absolute atomic E-state index is 0.0198. The SMILES string of the molecule is COc1cc(/C=C2\SC(=O)CC2=O)ccc1Oc1ccc(C#N)cc1C(F)(F)F. The third kappa shape index (κ3) is 4.60. The number of nitriles is 1. The van der Waals surface area contributed by atoms with Crippen LogP contribution in [0.25, 0.3) is 6.08 Å². The largest absolute Gasteiger partial charge is 0.493 e. The number of methoxy groups -OCH3 is 1. The van der Waals surface area contributed by atoms with Crippen LogP contribution in [0.4, 0.5) is 13.2 Å². The van der Waals surface area contributed by atoms with Crippen molar-refractivity contribution in [2.24, 2.45) is 0 Å². The van der Waals surface area contributed by atoms with E-state index in [2.05, 4.69) is 0 Å². The van der Waals surface area contributed by atoms with Gasteiger partial charge < -0.3 is 9.47 Å². The van der Waals surface area contributed by atoms with Crippen LogP contribution in [0.3, 0.4) is 0 Å².